The molecule has 2 heterocycles. The van der Waals surface area contributed by atoms with Gasteiger partial charge in [0.1, 0.15) is 11.8 Å². The molecule has 9 nitrogen and oxygen atoms in total. The van der Waals surface area contributed by atoms with E-state index in [9.17, 15) is 23.1 Å². The summed E-state index contributed by atoms with van der Waals surface area (Å²) < 4.78 is 38.4. The molecule has 1 atom stereocenters. The molecule has 33 heavy (non-hydrogen) atoms. The van der Waals surface area contributed by atoms with E-state index in [0.717, 1.165) is 4.31 Å². The number of ether oxygens (including phenoxy) is 1. The van der Waals surface area contributed by atoms with E-state index in [0.29, 0.717) is 22.6 Å². The Morgan fingerprint density at radius 2 is 1.79 bits per heavy atom. The maximum Gasteiger partial charge on any atom is 0.323 e. The van der Waals surface area contributed by atoms with Crippen LogP contribution in [0.15, 0.2) is 70.2 Å². The van der Waals surface area contributed by atoms with E-state index in [4.69, 9.17) is 9.15 Å². The number of furan rings is 1. The van der Waals surface area contributed by atoms with E-state index in [2.05, 4.69) is 0 Å². The molecule has 1 aliphatic rings. The highest BCUT2D eigenvalue weighted by atomic mass is 32.2. The number of carboxylic acid groups (broad SMARTS) is 1. The number of para-hydroxylation sites is 1. The lowest BCUT2D eigenvalue weighted by Gasteiger charge is -2.28. The van der Waals surface area contributed by atoms with Gasteiger partial charge in [-0.2, -0.15) is 4.31 Å². The third kappa shape index (κ3) is 4.10. The number of anilines is 1. The zero-order chi connectivity index (χ0) is 23.8. The van der Waals surface area contributed by atoms with Crippen LogP contribution in [0.25, 0.3) is 0 Å². The van der Waals surface area contributed by atoms with Gasteiger partial charge in [-0.15, -0.1) is 0 Å². The molecule has 0 bridgehead atoms. The summed E-state index contributed by atoms with van der Waals surface area (Å²) in [5.41, 5.74) is 1.52. The highest BCUT2D eigenvalue weighted by molar-refractivity contribution is 7.89. The van der Waals surface area contributed by atoms with E-state index < -0.39 is 27.9 Å². The number of hydrogen-bond donors (Lipinski definition) is 1. The number of carbonyl (C=O) groups is 2. The zero-order valence-electron chi connectivity index (χ0n) is 18.0. The molecule has 1 N–H and O–H groups in total. The van der Waals surface area contributed by atoms with Gasteiger partial charge in [-0.25, -0.2) is 8.42 Å². The summed E-state index contributed by atoms with van der Waals surface area (Å²) in [6.45, 7) is 1.10. The first-order chi connectivity index (χ1) is 15.7. The van der Waals surface area contributed by atoms with Crippen LogP contribution in [0.3, 0.4) is 0 Å². The van der Waals surface area contributed by atoms with Gasteiger partial charge < -0.3 is 19.2 Å². The smallest absolute Gasteiger partial charge is 0.323 e. The third-order valence-electron chi connectivity index (χ3n) is 5.56. The molecular formula is C23H22N2O7S. The fraction of sp³-hybridized carbons (Fsp3) is 0.217. The van der Waals surface area contributed by atoms with Crippen LogP contribution in [0, 0.1) is 6.92 Å². The van der Waals surface area contributed by atoms with E-state index >= 15 is 0 Å². The number of hydrogen-bond acceptors (Lipinski definition) is 6. The van der Waals surface area contributed by atoms with Crippen molar-refractivity contribution in [1.82, 2.24) is 4.31 Å². The second kappa shape index (κ2) is 8.72. The Morgan fingerprint density at radius 1 is 1.09 bits per heavy atom. The van der Waals surface area contributed by atoms with E-state index in [1.54, 1.807) is 37.3 Å². The number of carboxylic acids is 1. The summed E-state index contributed by atoms with van der Waals surface area (Å²) in [6, 6.07) is 12.6. The van der Waals surface area contributed by atoms with Crippen LogP contribution in [0.2, 0.25) is 0 Å². The Hall–Kier alpha value is -3.63. The highest BCUT2D eigenvalue weighted by Crippen LogP contribution is 2.33. The minimum Gasteiger partial charge on any atom is -0.497 e. The number of amides is 1. The number of benzene rings is 2. The number of methoxy groups -OCH3 is 1. The molecule has 3 aromatic rings. The Morgan fingerprint density at radius 3 is 2.39 bits per heavy atom. The average molecular weight is 471 g/mol. The predicted octanol–water partition coefficient (Wildman–Crippen LogP) is 2.90. The molecule has 0 saturated carbocycles. The van der Waals surface area contributed by atoms with Crippen LogP contribution in [-0.4, -0.2) is 49.4 Å². The van der Waals surface area contributed by atoms with E-state index in [-0.39, 0.29) is 23.7 Å². The maximum absolute atomic E-state index is 13.5. The van der Waals surface area contributed by atoms with E-state index in [1.165, 1.54) is 42.5 Å². The van der Waals surface area contributed by atoms with Gasteiger partial charge in [0.25, 0.3) is 5.91 Å². The molecule has 1 aliphatic heterocycles. The third-order valence-corrected chi connectivity index (χ3v) is 7.43. The lowest BCUT2D eigenvalue weighted by Crippen LogP contribution is -2.50. The van der Waals surface area contributed by atoms with Crippen LogP contribution in [0.1, 0.15) is 21.7 Å². The minimum absolute atomic E-state index is 0.0698. The van der Waals surface area contributed by atoms with Crippen LogP contribution in [-0.2, 0) is 21.4 Å². The van der Waals surface area contributed by atoms with Crippen LogP contribution >= 0.6 is 0 Å². The van der Waals surface area contributed by atoms with Gasteiger partial charge in [0.05, 0.1) is 24.8 Å². The Labute approximate surface area is 190 Å². The molecular weight excluding hydrogens is 448 g/mol. The van der Waals surface area contributed by atoms with Crippen LogP contribution in [0.5, 0.6) is 5.75 Å². The molecule has 0 spiro atoms. The maximum atomic E-state index is 13.5. The molecule has 4 rings (SSSR count). The Bertz CT molecular complexity index is 1300. The standard InChI is InChI=1S/C23H22N2O7S/c1-15-11-12-32-21(15)22(26)24-14-20(23(27)28)25(13-16-5-3-4-6-19(16)24)33(29,30)18-9-7-17(31-2)8-10-18/h3-12,20H,13-14H2,1-2H3,(H,27,28). The largest absolute Gasteiger partial charge is 0.497 e. The van der Waals surface area contributed by atoms with Gasteiger partial charge in [-0.3, -0.25) is 9.59 Å². The number of aliphatic carboxylic acids is 1. The summed E-state index contributed by atoms with van der Waals surface area (Å²) in [4.78, 5) is 26.8. The molecule has 1 aromatic heterocycles. The van der Waals surface area contributed by atoms with Crippen molar-refractivity contribution in [2.24, 2.45) is 0 Å². The number of nitrogens with zero attached hydrogens (tertiary/aromatic N) is 2. The van der Waals surface area contributed by atoms with Crippen molar-refractivity contribution >= 4 is 27.6 Å². The van der Waals surface area contributed by atoms with Gasteiger partial charge in [0.2, 0.25) is 10.0 Å². The van der Waals surface area contributed by atoms with Crippen LogP contribution < -0.4 is 9.64 Å². The number of rotatable bonds is 5. The van der Waals surface area contributed by atoms with Crippen molar-refractivity contribution < 1.29 is 32.3 Å². The van der Waals surface area contributed by atoms with Gasteiger partial charge in [-0.05, 0) is 48.9 Å². The summed E-state index contributed by atoms with van der Waals surface area (Å²) in [6.07, 6.45) is 1.38. The normalized spacial score (nSPS) is 16.7. The molecule has 1 unspecified atom stereocenters. The van der Waals surface area contributed by atoms with E-state index in [1.807, 2.05) is 0 Å². The molecule has 0 fully saturated rings. The van der Waals surface area contributed by atoms with Crippen molar-refractivity contribution in [2.45, 2.75) is 24.4 Å². The van der Waals surface area contributed by atoms with Gasteiger partial charge in [-0.1, -0.05) is 18.2 Å². The van der Waals surface area contributed by atoms with Gasteiger partial charge in [0, 0.05) is 17.8 Å². The first-order valence-corrected chi connectivity index (χ1v) is 11.5. The molecule has 10 heteroatoms. The molecule has 1 amide bonds. The Balaban J connectivity index is 1.82. The SMILES string of the molecule is COc1ccc(S(=O)(=O)N2Cc3ccccc3N(C(=O)c3occc3C)CC2C(=O)O)cc1. The summed E-state index contributed by atoms with van der Waals surface area (Å²) in [5.74, 6) is -1.37. The molecule has 172 valence electrons. The first-order valence-electron chi connectivity index (χ1n) is 10.1. The fourth-order valence-electron chi connectivity index (χ4n) is 3.79. The average Bonchev–Trinajstić information content (AvgIpc) is 3.15. The molecule has 0 saturated heterocycles. The van der Waals surface area contributed by atoms with Crippen LogP contribution in [0.4, 0.5) is 5.69 Å². The molecule has 2 aromatic carbocycles. The second-order valence-electron chi connectivity index (χ2n) is 7.56. The quantitative estimate of drug-likeness (QED) is 0.609. The zero-order valence-corrected chi connectivity index (χ0v) is 18.8. The van der Waals surface area contributed by atoms with Crippen molar-refractivity contribution in [3.63, 3.8) is 0 Å². The van der Waals surface area contributed by atoms with Gasteiger partial charge in [0.15, 0.2) is 5.76 Å². The lowest BCUT2D eigenvalue weighted by molar-refractivity contribution is -0.141. The summed E-state index contributed by atoms with van der Waals surface area (Å²) in [7, 11) is -2.76. The monoisotopic (exact) mass is 470 g/mol. The Kier molecular flexibility index (Phi) is 5.96. The topological polar surface area (TPSA) is 117 Å². The second-order valence-corrected chi connectivity index (χ2v) is 9.45. The molecule has 0 aliphatic carbocycles. The lowest BCUT2D eigenvalue weighted by atomic mass is 10.1. The summed E-state index contributed by atoms with van der Waals surface area (Å²) in [5, 5.41) is 10.0. The van der Waals surface area contributed by atoms with Gasteiger partial charge >= 0.3 is 5.97 Å². The number of sulfonamides is 1. The highest BCUT2D eigenvalue weighted by Gasteiger charge is 2.42. The van der Waals surface area contributed by atoms with Crippen molar-refractivity contribution in [3.8, 4) is 5.75 Å². The fourth-order valence-corrected chi connectivity index (χ4v) is 5.34. The number of aryl methyl sites for hydroxylation is 1. The van der Waals surface area contributed by atoms with Crippen molar-refractivity contribution in [3.05, 3.63) is 77.7 Å². The predicted molar refractivity (Wildman–Crippen MR) is 119 cm³/mol. The van der Waals surface area contributed by atoms with Crippen molar-refractivity contribution in [2.75, 3.05) is 18.6 Å². The number of carbonyl (C=O) groups excluding carboxylic acids is 1. The number of fused-ring (bicyclic) bond motifs is 1. The first kappa shape index (κ1) is 22.6. The summed E-state index contributed by atoms with van der Waals surface area (Å²) >= 11 is 0. The minimum atomic E-state index is -4.22. The van der Waals surface area contributed by atoms with Crippen molar-refractivity contribution in [1.29, 1.82) is 0 Å². The molecule has 0 radical (unpaired) electrons.